The molecule has 7 atom stereocenters. The van der Waals surface area contributed by atoms with Gasteiger partial charge in [-0.1, -0.05) is 49.8 Å². The van der Waals surface area contributed by atoms with Gasteiger partial charge in [0.2, 0.25) is 0 Å². The van der Waals surface area contributed by atoms with Crippen LogP contribution in [0.4, 0.5) is 0 Å². The van der Waals surface area contributed by atoms with Crippen LogP contribution < -0.4 is 0 Å². The third kappa shape index (κ3) is 2.52. The number of allylic oxidation sites excluding steroid dienone is 4. The molecule has 25 heavy (non-hydrogen) atoms. The van der Waals surface area contributed by atoms with Crippen LogP contribution in [-0.2, 0) is 0 Å². The van der Waals surface area contributed by atoms with Crippen molar-refractivity contribution in [3.8, 4) is 0 Å². The fourth-order valence-electron chi connectivity index (χ4n) is 7.76. The topological polar surface area (TPSA) is 20.2 Å². The number of rotatable bonds is 2. The Morgan fingerprint density at radius 3 is 2.68 bits per heavy atom. The summed E-state index contributed by atoms with van der Waals surface area (Å²) in [5, 5.41) is 10.1. The Labute approximate surface area is 154 Å². The number of aliphatic hydroxyl groups is 1. The van der Waals surface area contributed by atoms with Gasteiger partial charge in [-0.2, -0.15) is 0 Å². The second-order valence-electron chi connectivity index (χ2n) is 9.95. The minimum Gasteiger partial charge on any atom is -0.389 e. The maximum absolute atomic E-state index is 10.1. The van der Waals surface area contributed by atoms with Crippen LogP contribution in [0, 0.1) is 34.5 Å². The zero-order valence-electron chi connectivity index (χ0n) is 16.4. The summed E-state index contributed by atoms with van der Waals surface area (Å²) in [4.78, 5) is 0. The molecule has 0 heterocycles. The first-order chi connectivity index (χ1) is 11.9. The predicted octanol–water partition coefficient (Wildman–Crippen LogP) is 6.06. The summed E-state index contributed by atoms with van der Waals surface area (Å²) in [6.45, 7) is 11.4. The first-order valence-electron chi connectivity index (χ1n) is 10.6. The van der Waals surface area contributed by atoms with Crippen LogP contribution in [0.2, 0.25) is 0 Å². The van der Waals surface area contributed by atoms with Crippen LogP contribution in [0.3, 0.4) is 0 Å². The predicted molar refractivity (Wildman–Crippen MR) is 105 cm³/mol. The summed E-state index contributed by atoms with van der Waals surface area (Å²) in [5.41, 5.74) is 4.01. The van der Waals surface area contributed by atoms with Crippen LogP contribution in [-0.4, -0.2) is 11.2 Å². The van der Waals surface area contributed by atoms with Gasteiger partial charge in [0.25, 0.3) is 0 Å². The van der Waals surface area contributed by atoms with Gasteiger partial charge in [0.1, 0.15) is 0 Å². The van der Waals surface area contributed by atoms with Gasteiger partial charge in [-0.05, 0) is 92.8 Å². The molecule has 0 amide bonds. The van der Waals surface area contributed by atoms with Crippen molar-refractivity contribution in [2.75, 3.05) is 0 Å². The molecule has 4 aliphatic carbocycles. The van der Waals surface area contributed by atoms with E-state index in [4.69, 9.17) is 0 Å². The number of fused-ring (bicyclic) bond motifs is 5. The summed E-state index contributed by atoms with van der Waals surface area (Å²) in [5.74, 6) is 3.40. The molecule has 1 heteroatoms. The lowest BCUT2D eigenvalue weighted by molar-refractivity contribution is -0.0507. The monoisotopic (exact) mass is 340 g/mol. The first-order valence-corrected chi connectivity index (χ1v) is 10.6. The van der Waals surface area contributed by atoms with Crippen LogP contribution in [0.1, 0.15) is 72.1 Å². The number of hydrogen-bond donors (Lipinski definition) is 1. The van der Waals surface area contributed by atoms with E-state index < -0.39 is 0 Å². The van der Waals surface area contributed by atoms with Gasteiger partial charge in [-0.3, -0.25) is 0 Å². The molecule has 4 rings (SSSR count). The van der Waals surface area contributed by atoms with E-state index in [9.17, 15) is 5.11 Å². The van der Waals surface area contributed by atoms with E-state index in [0.29, 0.717) is 10.8 Å². The SMILES string of the molecule is C=C/C=C(\C)C1CCC2C3CCC4=CC(O)CC[C@]4(C)C3CC[C@]12C. The largest absolute Gasteiger partial charge is 0.389 e. The normalized spacial score (nSPS) is 49.7. The van der Waals surface area contributed by atoms with Crippen LogP contribution in [0.25, 0.3) is 0 Å². The van der Waals surface area contributed by atoms with E-state index in [0.717, 1.165) is 30.1 Å². The molecule has 138 valence electrons. The van der Waals surface area contributed by atoms with E-state index >= 15 is 0 Å². The summed E-state index contributed by atoms with van der Waals surface area (Å²) in [6.07, 6.45) is 16.6. The van der Waals surface area contributed by atoms with Gasteiger partial charge in [-0.15, -0.1) is 0 Å². The molecule has 4 aliphatic rings. The van der Waals surface area contributed by atoms with Crippen molar-refractivity contribution in [3.05, 3.63) is 36.0 Å². The minimum absolute atomic E-state index is 0.184. The lowest BCUT2D eigenvalue weighted by Gasteiger charge is -2.58. The Morgan fingerprint density at radius 2 is 1.92 bits per heavy atom. The molecule has 0 aromatic rings. The average molecular weight is 341 g/mol. The van der Waals surface area contributed by atoms with Gasteiger partial charge >= 0.3 is 0 Å². The molecule has 0 aromatic heterocycles. The maximum Gasteiger partial charge on any atom is 0.0724 e. The highest BCUT2D eigenvalue weighted by atomic mass is 16.3. The molecule has 0 bridgehead atoms. The van der Waals surface area contributed by atoms with E-state index in [1.54, 1.807) is 11.1 Å². The van der Waals surface area contributed by atoms with E-state index in [-0.39, 0.29) is 6.10 Å². The molecule has 0 spiro atoms. The number of hydrogen-bond acceptors (Lipinski definition) is 1. The third-order valence-electron chi connectivity index (χ3n) is 9.02. The maximum atomic E-state index is 10.1. The summed E-state index contributed by atoms with van der Waals surface area (Å²) < 4.78 is 0. The fraction of sp³-hybridized carbons (Fsp3) is 0.750. The number of aliphatic hydroxyl groups excluding tert-OH is 1. The summed E-state index contributed by atoms with van der Waals surface area (Å²) in [6, 6.07) is 0. The van der Waals surface area contributed by atoms with Gasteiger partial charge < -0.3 is 5.11 Å². The van der Waals surface area contributed by atoms with Gasteiger partial charge in [0, 0.05) is 0 Å². The molecule has 1 nitrogen and oxygen atoms in total. The van der Waals surface area contributed by atoms with E-state index in [1.807, 2.05) is 6.08 Å². The highest BCUT2D eigenvalue weighted by molar-refractivity contribution is 5.26. The Hall–Kier alpha value is -0.820. The Kier molecular flexibility index (Phi) is 4.30. The van der Waals surface area contributed by atoms with Crippen LogP contribution in [0.5, 0.6) is 0 Å². The summed E-state index contributed by atoms with van der Waals surface area (Å²) in [7, 11) is 0. The molecule has 0 aromatic carbocycles. The zero-order valence-corrected chi connectivity index (χ0v) is 16.4. The Bertz CT molecular complexity index is 614. The average Bonchev–Trinajstić information content (AvgIpc) is 2.93. The van der Waals surface area contributed by atoms with Crippen molar-refractivity contribution >= 4 is 0 Å². The van der Waals surface area contributed by atoms with Crippen LogP contribution >= 0.6 is 0 Å². The molecular formula is C24H36O. The summed E-state index contributed by atoms with van der Waals surface area (Å²) >= 11 is 0. The molecule has 1 N–H and O–H groups in total. The Balaban J connectivity index is 1.63. The van der Waals surface area contributed by atoms with Gasteiger partial charge in [-0.25, -0.2) is 0 Å². The van der Waals surface area contributed by atoms with Gasteiger partial charge in [0.15, 0.2) is 0 Å². The lowest BCUT2D eigenvalue weighted by atomic mass is 9.46. The first kappa shape index (κ1) is 17.6. The van der Waals surface area contributed by atoms with E-state index in [1.165, 1.54) is 44.9 Å². The second-order valence-corrected chi connectivity index (χ2v) is 9.95. The Morgan fingerprint density at radius 1 is 1.12 bits per heavy atom. The van der Waals surface area contributed by atoms with Crippen molar-refractivity contribution < 1.29 is 5.11 Å². The van der Waals surface area contributed by atoms with Gasteiger partial charge in [0.05, 0.1) is 6.10 Å². The molecule has 0 radical (unpaired) electrons. The van der Waals surface area contributed by atoms with Crippen molar-refractivity contribution in [1.82, 2.24) is 0 Å². The zero-order chi connectivity index (χ0) is 17.8. The highest BCUT2D eigenvalue weighted by Crippen LogP contribution is 2.67. The van der Waals surface area contributed by atoms with Crippen molar-refractivity contribution in [2.24, 2.45) is 34.5 Å². The fourth-order valence-corrected chi connectivity index (χ4v) is 7.76. The minimum atomic E-state index is -0.184. The van der Waals surface area contributed by atoms with Crippen molar-refractivity contribution in [3.63, 3.8) is 0 Å². The molecular weight excluding hydrogens is 304 g/mol. The van der Waals surface area contributed by atoms with E-state index in [2.05, 4.69) is 39.5 Å². The molecule has 0 aliphatic heterocycles. The molecule has 3 saturated carbocycles. The smallest absolute Gasteiger partial charge is 0.0724 e. The van der Waals surface area contributed by atoms with Crippen LogP contribution in [0.15, 0.2) is 36.0 Å². The second kappa shape index (κ2) is 6.12. The highest BCUT2D eigenvalue weighted by Gasteiger charge is 2.58. The third-order valence-corrected chi connectivity index (χ3v) is 9.02. The van der Waals surface area contributed by atoms with Crippen molar-refractivity contribution in [2.45, 2.75) is 78.2 Å². The molecule has 0 saturated heterocycles. The molecule has 3 fully saturated rings. The quantitative estimate of drug-likeness (QED) is 0.478. The lowest BCUT2D eigenvalue weighted by Crippen LogP contribution is -2.50. The molecule has 5 unspecified atom stereocenters. The van der Waals surface area contributed by atoms with Crippen molar-refractivity contribution in [1.29, 1.82) is 0 Å². The standard InChI is InChI=1S/C24H36O/c1-5-6-16(2)20-9-10-21-19-8-7-17-15-18(25)11-13-23(17,3)22(19)12-14-24(20,21)4/h5-6,15,18-22,25H,1,7-14H2,2-4H3/b16-6+/t18?,19?,20?,21?,22?,23-,24+/m0/s1.